The second-order valence-corrected chi connectivity index (χ2v) is 7.79. The highest BCUT2D eigenvalue weighted by Gasteiger charge is 2.31. The first-order chi connectivity index (χ1) is 14.4. The zero-order chi connectivity index (χ0) is 21.4. The van der Waals surface area contributed by atoms with Gasteiger partial charge in [-0.3, -0.25) is 4.79 Å². The summed E-state index contributed by atoms with van der Waals surface area (Å²) in [5.74, 6) is 2.64. The molecule has 0 fully saturated rings. The van der Waals surface area contributed by atoms with E-state index in [1.807, 2.05) is 56.8 Å². The second-order valence-electron chi connectivity index (χ2n) is 7.79. The number of fused-ring (bicyclic) bond motifs is 1. The summed E-state index contributed by atoms with van der Waals surface area (Å²) >= 11 is 0. The highest BCUT2D eigenvalue weighted by molar-refractivity contribution is 5.94. The van der Waals surface area contributed by atoms with Gasteiger partial charge in [-0.2, -0.15) is 5.10 Å². The van der Waals surface area contributed by atoms with Gasteiger partial charge in [0, 0.05) is 23.9 Å². The van der Waals surface area contributed by atoms with Crippen molar-refractivity contribution in [2.75, 3.05) is 12.4 Å². The molecule has 0 bridgehead atoms. The topological polar surface area (TPSA) is 91.4 Å². The summed E-state index contributed by atoms with van der Waals surface area (Å²) < 4.78 is 18.6. The quantitative estimate of drug-likeness (QED) is 0.657. The lowest BCUT2D eigenvalue weighted by Crippen LogP contribution is -2.25. The number of hydrogen-bond donors (Lipinski definition) is 1. The molecule has 3 heterocycles. The van der Waals surface area contributed by atoms with Crippen LogP contribution in [0.5, 0.6) is 11.5 Å². The van der Waals surface area contributed by atoms with E-state index < -0.39 is 0 Å². The number of amides is 1. The molecule has 8 heteroatoms. The van der Waals surface area contributed by atoms with Crippen molar-refractivity contribution >= 4 is 11.7 Å². The van der Waals surface area contributed by atoms with Crippen molar-refractivity contribution in [3.05, 3.63) is 52.5 Å². The highest BCUT2D eigenvalue weighted by atomic mass is 16.5. The first-order valence-corrected chi connectivity index (χ1v) is 9.98. The lowest BCUT2D eigenvalue weighted by atomic mass is 9.87. The van der Waals surface area contributed by atoms with Crippen LogP contribution in [0.4, 0.5) is 5.82 Å². The molecule has 3 aromatic rings. The molecule has 1 amide bonds. The Morgan fingerprint density at radius 3 is 2.77 bits per heavy atom. The van der Waals surface area contributed by atoms with Crippen LogP contribution in [0.3, 0.4) is 0 Å². The van der Waals surface area contributed by atoms with Gasteiger partial charge in [0.15, 0.2) is 11.5 Å². The van der Waals surface area contributed by atoms with E-state index in [-0.39, 0.29) is 17.9 Å². The average molecular weight is 410 g/mol. The molecule has 0 saturated carbocycles. The number of hydrogen-bond acceptors (Lipinski definition) is 6. The lowest BCUT2D eigenvalue weighted by Gasteiger charge is -2.25. The number of benzene rings is 1. The van der Waals surface area contributed by atoms with Crippen LogP contribution < -0.4 is 14.8 Å². The molecule has 1 aliphatic heterocycles. The molecular formula is C22H26N4O4. The van der Waals surface area contributed by atoms with Gasteiger partial charge >= 0.3 is 0 Å². The molecule has 1 atom stereocenters. The molecule has 1 N–H and O–H groups in total. The Balaban J connectivity index is 1.63. The molecule has 0 unspecified atom stereocenters. The van der Waals surface area contributed by atoms with E-state index in [0.717, 1.165) is 34.0 Å². The normalized spacial score (nSPS) is 15.8. The summed E-state index contributed by atoms with van der Waals surface area (Å²) in [5.41, 5.74) is 3.73. The van der Waals surface area contributed by atoms with Crippen molar-refractivity contribution in [3.8, 4) is 11.5 Å². The fourth-order valence-corrected chi connectivity index (χ4v) is 3.81. The number of nitrogens with one attached hydrogen (secondary N) is 1. The van der Waals surface area contributed by atoms with E-state index >= 15 is 0 Å². The van der Waals surface area contributed by atoms with Gasteiger partial charge in [0.1, 0.15) is 18.2 Å². The number of anilines is 1. The minimum absolute atomic E-state index is 0.0207. The Labute approximate surface area is 175 Å². The molecule has 1 aromatic carbocycles. The Morgan fingerprint density at radius 1 is 1.30 bits per heavy atom. The molecule has 0 radical (unpaired) electrons. The number of methoxy groups -OCH3 is 1. The Hall–Kier alpha value is -3.29. The van der Waals surface area contributed by atoms with Crippen molar-refractivity contribution < 1.29 is 18.8 Å². The fraction of sp³-hybridized carbons (Fsp3) is 0.409. The van der Waals surface area contributed by atoms with Crippen molar-refractivity contribution in [1.29, 1.82) is 0 Å². The van der Waals surface area contributed by atoms with Crippen molar-refractivity contribution in [3.63, 3.8) is 0 Å². The van der Waals surface area contributed by atoms with Gasteiger partial charge in [0.05, 0.1) is 24.6 Å². The molecule has 1 aliphatic rings. The first-order valence-electron chi connectivity index (χ1n) is 9.98. The highest BCUT2D eigenvalue weighted by Crippen LogP contribution is 2.41. The smallest absolute Gasteiger partial charge is 0.226 e. The van der Waals surface area contributed by atoms with Crippen LogP contribution in [0.2, 0.25) is 0 Å². The van der Waals surface area contributed by atoms with E-state index in [1.54, 1.807) is 7.11 Å². The van der Waals surface area contributed by atoms with Crippen LogP contribution in [0.25, 0.3) is 0 Å². The van der Waals surface area contributed by atoms with Crippen molar-refractivity contribution in [2.45, 2.75) is 52.7 Å². The van der Waals surface area contributed by atoms with Gasteiger partial charge in [0.25, 0.3) is 0 Å². The first kappa shape index (κ1) is 20.0. The average Bonchev–Trinajstić information content (AvgIpc) is 3.29. The van der Waals surface area contributed by atoms with Crippen LogP contribution in [0.15, 0.2) is 28.9 Å². The van der Waals surface area contributed by atoms with Crippen LogP contribution in [-0.4, -0.2) is 28.0 Å². The largest absolute Gasteiger partial charge is 0.493 e. The number of nitrogens with zero attached hydrogens (tertiary/aromatic N) is 3. The SMILES string of the molecule is COc1cc([C@H]2CC(=O)Nc3c2cnn3C(C)C)ccc1OCc1c(C)noc1C. The predicted octanol–water partition coefficient (Wildman–Crippen LogP) is 4.13. The van der Waals surface area contributed by atoms with Crippen molar-refractivity contribution in [1.82, 2.24) is 14.9 Å². The van der Waals surface area contributed by atoms with Crippen molar-refractivity contribution in [2.24, 2.45) is 0 Å². The zero-order valence-electron chi connectivity index (χ0n) is 17.9. The zero-order valence-corrected chi connectivity index (χ0v) is 17.9. The van der Waals surface area contributed by atoms with Gasteiger partial charge in [-0.15, -0.1) is 0 Å². The van der Waals surface area contributed by atoms with Gasteiger partial charge < -0.3 is 19.3 Å². The molecule has 158 valence electrons. The molecule has 30 heavy (non-hydrogen) atoms. The summed E-state index contributed by atoms with van der Waals surface area (Å²) in [7, 11) is 1.61. The molecule has 4 rings (SSSR count). The Bertz CT molecular complexity index is 1060. The van der Waals surface area contributed by atoms with Crippen LogP contribution in [-0.2, 0) is 11.4 Å². The minimum Gasteiger partial charge on any atom is -0.493 e. The third-order valence-electron chi connectivity index (χ3n) is 5.48. The lowest BCUT2D eigenvalue weighted by molar-refractivity contribution is -0.116. The van der Waals surface area contributed by atoms with Gasteiger partial charge in [-0.25, -0.2) is 4.68 Å². The summed E-state index contributed by atoms with van der Waals surface area (Å²) in [6, 6.07) is 5.95. The maximum absolute atomic E-state index is 12.4. The van der Waals surface area contributed by atoms with Gasteiger partial charge in [-0.1, -0.05) is 11.2 Å². The van der Waals surface area contributed by atoms with E-state index in [0.29, 0.717) is 24.5 Å². The van der Waals surface area contributed by atoms with E-state index in [2.05, 4.69) is 15.6 Å². The second kappa shape index (κ2) is 7.85. The van der Waals surface area contributed by atoms with Gasteiger partial charge in [-0.05, 0) is 45.4 Å². The number of rotatable bonds is 6. The minimum atomic E-state index is -0.0910. The molecule has 0 aliphatic carbocycles. The molecule has 2 aromatic heterocycles. The molecular weight excluding hydrogens is 384 g/mol. The van der Waals surface area contributed by atoms with Gasteiger partial charge in [0.2, 0.25) is 5.91 Å². The predicted molar refractivity (Wildman–Crippen MR) is 111 cm³/mol. The third-order valence-corrected chi connectivity index (χ3v) is 5.48. The summed E-state index contributed by atoms with van der Waals surface area (Å²) in [6.07, 6.45) is 2.20. The maximum Gasteiger partial charge on any atom is 0.226 e. The number of carbonyl (C=O) groups is 1. The number of ether oxygens (including phenoxy) is 2. The Kier molecular flexibility index (Phi) is 5.24. The standard InChI is InChI=1S/C22H26N4O4/c1-12(2)26-22-17(10-23-26)16(9-21(27)24-22)15-6-7-19(20(8-15)28-5)29-11-18-13(3)25-30-14(18)4/h6-8,10,12,16H,9,11H2,1-5H3,(H,24,27)/t16-/m1/s1. The van der Waals surface area contributed by atoms with Crippen LogP contribution in [0.1, 0.15) is 60.4 Å². The van der Waals surface area contributed by atoms with E-state index in [9.17, 15) is 4.79 Å². The monoisotopic (exact) mass is 410 g/mol. The number of carbonyl (C=O) groups excluding carboxylic acids is 1. The number of aryl methyl sites for hydroxylation is 2. The Morgan fingerprint density at radius 2 is 2.10 bits per heavy atom. The molecule has 0 saturated heterocycles. The summed E-state index contributed by atoms with van der Waals surface area (Å²) in [6.45, 7) is 8.17. The third kappa shape index (κ3) is 3.53. The van der Waals surface area contributed by atoms with Crippen LogP contribution in [0, 0.1) is 13.8 Å². The summed E-state index contributed by atoms with van der Waals surface area (Å²) in [5, 5.41) is 11.4. The van der Waals surface area contributed by atoms with Crippen LogP contribution >= 0.6 is 0 Å². The number of aromatic nitrogens is 3. The maximum atomic E-state index is 12.4. The molecule has 0 spiro atoms. The van der Waals surface area contributed by atoms with E-state index in [4.69, 9.17) is 14.0 Å². The summed E-state index contributed by atoms with van der Waals surface area (Å²) in [4.78, 5) is 12.4. The fourth-order valence-electron chi connectivity index (χ4n) is 3.81. The molecule has 8 nitrogen and oxygen atoms in total. The van der Waals surface area contributed by atoms with E-state index in [1.165, 1.54) is 0 Å².